The van der Waals surface area contributed by atoms with Crippen molar-refractivity contribution < 1.29 is 13.2 Å². The highest BCUT2D eigenvalue weighted by Gasteiger charge is 2.52. The van der Waals surface area contributed by atoms with Crippen molar-refractivity contribution in [3.63, 3.8) is 0 Å². The van der Waals surface area contributed by atoms with Gasteiger partial charge in [-0.1, -0.05) is 80.4 Å². The molecule has 0 saturated carbocycles. The predicted molar refractivity (Wildman–Crippen MR) is 134 cm³/mol. The molecule has 8 heteroatoms. The van der Waals surface area contributed by atoms with E-state index in [9.17, 15) is 13.2 Å². The Morgan fingerprint density at radius 3 is 2.06 bits per heavy atom. The van der Waals surface area contributed by atoms with Gasteiger partial charge in [-0.3, -0.25) is 0 Å². The summed E-state index contributed by atoms with van der Waals surface area (Å²) < 4.78 is 42.7. The van der Waals surface area contributed by atoms with Gasteiger partial charge >= 0.3 is 6.18 Å². The van der Waals surface area contributed by atoms with E-state index in [1.165, 1.54) is 12.1 Å². The summed E-state index contributed by atoms with van der Waals surface area (Å²) in [5.74, 6) is 0. The Balaban J connectivity index is 2.23. The summed E-state index contributed by atoms with van der Waals surface area (Å²) in [6.07, 6.45) is -4.55. The maximum absolute atomic E-state index is 13.7. The molecule has 0 bridgehead atoms. The van der Waals surface area contributed by atoms with Crippen LogP contribution in [0, 0.1) is 0 Å². The molecule has 3 nitrogen and oxygen atoms in total. The van der Waals surface area contributed by atoms with E-state index in [1.807, 2.05) is 55.5 Å². The molecule has 3 aromatic rings. The summed E-state index contributed by atoms with van der Waals surface area (Å²) in [6, 6.07) is 19.6. The van der Waals surface area contributed by atoms with Crippen molar-refractivity contribution in [3.8, 4) is 0 Å². The van der Waals surface area contributed by atoms with Crippen LogP contribution >= 0.6 is 31.9 Å². The molecule has 0 heterocycles. The van der Waals surface area contributed by atoms with Crippen LogP contribution in [0.1, 0.15) is 29.2 Å². The third kappa shape index (κ3) is 4.91. The molecule has 3 aromatic carbocycles. The van der Waals surface area contributed by atoms with Crippen LogP contribution in [0.2, 0.25) is 0 Å². The molecular formula is C25H26Br2F3N3. The quantitative estimate of drug-likeness (QED) is 0.325. The second-order valence-electron chi connectivity index (χ2n) is 8.33. The minimum absolute atomic E-state index is 0.0210. The average Bonchev–Trinajstić information content (AvgIpc) is 2.74. The van der Waals surface area contributed by atoms with Gasteiger partial charge in [0.2, 0.25) is 0 Å². The lowest BCUT2D eigenvalue weighted by molar-refractivity contribution is -0.138. The highest BCUT2D eigenvalue weighted by atomic mass is 79.9. The van der Waals surface area contributed by atoms with Gasteiger partial charge in [-0.2, -0.15) is 13.2 Å². The largest absolute Gasteiger partial charge is 0.416 e. The molecule has 0 fully saturated rings. The zero-order valence-electron chi connectivity index (χ0n) is 18.0. The molecule has 0 saturated heterocycles. The summed E-state index contributed by atoms with van der Waals surface area (Å²) in [5.41, 5.74) is 19.0. The van der Waals surface area contributed by atoms with Crippen LogP contribution in [0.25, 0.3) is 0 Å². The normalized spacial score (nSPS) is 16.6. The molecule has 3 unspecified atom stereocenters. The second-order valence-corrected chi connectivity index (χ2v) is 10.1. The van der Waals surface area contributed by atoms with Crippen molar-refractivity contribution >= 4 is 31.9 Å². The van der Waals surface area contributed by atoms with Gasteiger partial charge < -0.3 is 17.2 Å². The Hall–Kier alpha value is -1.71. The van der Waals surface area contributed by atoms with Crippen molar-refractivity contribution in [2.45, 2.75) is 36.5 Å². The first-order chi connectivity index (χ1) is 15.4. The van der Waals surface area contributed by atoms with Gasteiger partial charge in [0, 0.05) is 26.9 Å². The lowest BCUT2D eigenvalue weighted by Crippen LogP contribution is -2.66. The number of hydrogen-bond donors (Lipinski definition) is 3. The third-order valence-electron chi connectivity index (χ3n) is 6.42. The predicted octanol–water partition coefficient (Wildman–Crippen LogP) is 5.87. The minimum Gasteiger partial charge on any atom is -0.329 e. The molecule has 0 aromatic heterocycles. The van der Waals surface area contributed by atoms with Gasteiger partial charge in [0.15, 0.2) is 0 Å². The summed E-state index contributed by atoms with van der Waals surface area (Å²) in [4.78, 5) is 0. The van der Waals surface area contributed by atoms with E-state index in [4.69, 9.17) is 17.2 Å². The number of alkyl halides is 3. The SMILES string of the molecule is CC(N)(c1ccccc1Br)C(CN)(c1cccc(Br)c1)C(N)Cc1ccccc1C(F)(F)F. The van der Waals surface area contributed by atoms with Crippen LogP contribution in [0.3, 0.4) is 0 Å². The highest BCUT2D eigenvalue weighted by molar-refractivity contribution is 9.10. The Kier molecular flexibility index (Phi) is 7.75. The third-order valence-corrected chi connectivity index (χ3v) is 7.60. The van der Waals surface area contributed by atoms with E-state index in [-0.39, 0.29) is 18.5 Å². The molecule has 0 aliphatic rings. The average molecular weight is 585 g/mol. The van der Waals surface area contributed by atoms with Crippen LogP contribution < -0.4 is 17.2 Å². The number of halogens is 5. The highest BCUT2D eigenvalue weighted by Crippen LogP contribution is 2.46. The summed E-state index contributed by atoms with van der Waals surface area (Å²) in [5, 5.41) is 0. The summed E-state index contributed by atoms with van der Waals surface area (Å²) in [6.45, 7) is 1.85. The molecule has 6 N–H and O–H groups in total. The molecule has 0 aliphatic carbocycles. The standard InChI is InChI=1S/C25H26Br2F3N3/c1-23(33,20-11-4-5-12-21(20)27)24(15-31,17-8-6-9-18(26)14-17)22(32)13-16-7-2-3-10-19(16)25(28,29)30/h2-12,14,22H,13,15,31-33H2,1H3. The molecule has 3 atom stereocenters. The maximum Gasteiger partial charge on any atom is 0.416 e. The first kappa shape index (κ1) is 25.9. The fourth-order valence-electron chi connectivity index (χ4n) is 4.65. The van der Waals surface area contributed by atoms with Crippen molar-refractivity contribution in [1.82, 2.24) is 0 Å². The van der Waals surface area contributed by atoms with Gasteiger partial charge in [-0.25, -0.2) is 0 Å². The molecule has 0 radical (unpaired) electrons. The van der Waals surface area contributed by atoms with E-state index in [1.54, 1.807) is 6.07 Å². The van der Waals surface area contributed by atoms with Crippen LogP contribution in [0.15, 0.2) is 81.7 Å². The van der Waals surface area contributed by atoms with Gasteiger partial charge in [0.25, 0.3) is 0 Å². The van der Waals surface area contributed by atoms with Crippen LogP contribution in [0.4, 0.5) is 13.2 Å². The van der Waals surface area contributed by atoms with Gasteiger partial charge in [0.05, 0.1) is 11.1 Å². The smallest absolute Gasteiger partial charge is 0.329 e. The van der Waals surface area contributed by atoms with E-state index in [0.29, 0.717) is 0 Å². The molecular weight excluding hydrogens is 559 g/mol. The molecule has 0 amide bonds. The van der Waals surface area contributed by atoms with Crippen LogP contribution in [-0.2, 0) is 23.6 Å². The Labute approximate surface area is 208 Å². The molecule has 33 heavy (non-hydrogen) atoms. The fourth-order valence-corrected chi connectivity index (χ4v) is 5.75. The maximum atomic E-state index is 13.7. The van der Waals surface area contributed by atoms with Crippen LogP contribution in [0.5, 0.6) is 0 Å². The zero-order chi connectivity index (χ0) is 24.4. The van der Waals surface area contributed by atoms with Gasteiger partial charge in [-0.05, 0) is 54.3 Å². The second kappa shape index (κ2) is 9.88. The van der Waals surface area contributed by atoms with Crippen molar-refractivity contribution in [2.75, 3.05) is 6.54 Å². The topological polar surface area (TPSA) is 78.1 Å². The lowest BCUT2D eigenvalue weighted by atomic mass is 9.58. The minimum atomic E-state index is -4.49. The Bertz CT molecular complexity index is 1120. The monoisotopic (exact) mass is 583 g/mol. The van der Waals surface area contributed by atoms with E-state index < -0.39 is 28.7 Å². The number of rotatable bonds is 7. The molecule has 3 rings (SSSR count). The van der Waals surface area contributed by atoms with Crippen molar-refractivity contribution in [3.05, 3.63) is 104 Å². The van der Waals surface area contributed by atoms with E-state index in [2.05, 4.69) is 31.9 Å². The van der Waals surface area contributed by atoms with E-state index in [0.717, 1.165) is 26.1 Å². The Morgan fingerprint density at radius 1 is 0.879 bits per heavy atom. The summed E-state index contributed by atoms with van der Waals surface area (Å²) >= 11 is 7.07. The van der Waals surface area contributed by atoms with Gasteiger partial charge in [-0.15, -0.1) is 0 Å². The van der Waals surface area contributed by atoms with Gasteiger partial charge in [0.1, 0.15) is 0 Å². The molecule has 176 valence electrons. The van der Waals surface area contributed by atoms with Crippen molar-refractivity contribution in [1.29, 1.82) is 0 Å². The zero-order valence-corrected chi connectivity index (χ0v) is 21.2. The van der Waals surface area contributed by atoms with E-state index >= 15 is 0 Å². The number of hydrogen-bond acceptors (Lipinski definition) is 3. The molecule has 0 aliphatic heterocycles. The first-order valence-corrected chi connectivity index (χ1v) is 11.9. The fraction of sp³-hybridized carbons (Fsp3) is 0.280. The van der Waals surface area contributed by atoms with Crippen LogP contribution in [-0.4, -0.2) is 12.6 Å². The van der Waals surface area contributed by atoms with Crippen molar-refractivity contribution in [2.24, 2.45) is 17.2 Å². The number of nitrogens with two attached hydrogens (primary N) is 3. The number of benzene rings is 3. The summed E-state index contributed by atoms with van der Waals surface area (Å²) in [7, 11) is 0. The Morgan fingerprint density at radius 2 is 1.48 bits per heavy atom. The lowest BCUT2D eigenvalue weighted by Gasteiger charge is -2.51. The molecule has 0 spiro atoms. The first-order valence-electron chi connectivity index (χ1n) is 10.4.